The summed E-state index contributed by atoms with van der Waals surface area (Å²) in [5, 5.41) is 4.72. The molecular weight excluding hydrogens is 220 g/mol. The van der Waals surface area contributed by atoms with Crippen LogP contribution in [0.2, 0.25) is 0 Å². The minimum Gasteiger partial charge on any atom is -0.272 e. The van der Waals surface area contributed by atoms with Gasteiger partial charge in [-0.25, -0.2) is 0 Å². The van der Waals surface area contributed by atoms with Gasteiger partial charge in [-0.15, -0.1) is 11.6 Å². The summed E-state index contributed by atoms with van der Waals surface area (Å²) in [6.45, 7) is 2.04. The lowest BCUT2D eigenvalue weighted by Crippen LogP contribution is -2.13. The van der Waals surface area contributed by atoms with Crippen LogP contribution in [0.5, 0.6) is 0 Å². The van der Waals surface area contributed by atoms with Crippen LogP contribution in [-0.4, -0.2) is 15.2 Å². The summed E-state index contributed by atoms with van der Waals surface area (Å²) >= 11 is 6.47. The first-order valence-corrected chi connectivity index (χ1v) is 6.74. The van der Waals surface area contributed by atoms with Gasteiger partial charge < -0.3 is 0 Å². The van der Waals surface area contributed by atoms with E-state index in [0.29, 0.717) is 5.38 Å². The molecule has 0 saturated heterocycles. The molecule has 1 aliphatic carbocycles. The zero-order chi connectivity index (χ0) is 11.5. The van der Waals surface area contributed by atoms with Crippen molar-refractivity contribution < 1.29 is 0 Å². The molecule has 1 saturated carbocycles. The third-order valence-corrected chi connectivity index (χ3v) is 4.26. The van der Waals surface area contributed by atoms with Crippen molar-refractivity contribution in [2.75, 3.05) is 0 Å². The summed E-state index contributed by atoms with van der Waals surface area (Å²) in [5.74, 6) is 0.760. The van der Waals surface area contributed by atoms with Gasteiger partial charge in [-0.05, 0) is 44.6 Å². The molecule has 0 bridgehead atoms. The molecule has 1 aliphatic rings. The van der Waals surface area contributed by atoms with E-state index in [4.69, 9.17) is 11.6 Å². The lowest BCUT2D eigenvalue weighted by Gasteiger charge is -2.16. The highest BCUT2D eigenvalue weighted by Gasteiger charge is 2.23. The zero-order valence-electron chi connectivity index (χ0n) is 10.2. The summed E-state index contributed by atoms with van der Waals surface area (Å²) in [7, 11) is 2.02. The van der Waals surface area contributed by atoms with Gasteiger partial charge in [0, 0.05) is 18.1 Å². The average Bonchev–Trinajstić information content (AvgIpc) is 2.84. The first-order valence-electron chi connectivity index (χ1n) is 6.30. The van der Waals surface area contributed by atoms with Gasteiger partial charge in [0.2, 0.25) is 0 Å². The predicted molar refractivity (Wildman–Crippen MR) is 67.9 cm³/mol. The van der Waals surface area contributed by atoms with Crippen LogP contribution in [0.3, 0.4) is 0 Å². The molecule has 3 heteroatoms. The third kappa shape index (κ3) is 2.79. The molecule has 1 fully saturated rings. The van der Waals surface area contributed by atoms with Crippen LogP contribution in [0.4, 0.5) is 0 Å². The summed E-state index contributed by atoms with van der Waals surface area (Å²) < 4.78 is 1.98. The Bertz CT molecular complexity index is 340. The second-order valence-corrected chi connectivity index (χ2v) is 5.56. The molecule has 1 unspecified atom stereocenters. The van der Waals surface area contributed by atoms with Gasteiger partial charge in [0.15, 0.2) is 0 Å². The number of alkyl halides is 1. The molecule has 1 atom stereocenters. The molecule has 1 aromatic heterocycles. The largest absolute Gasteiger partial charge is 0.272 e. The second-order valence-electron chi connectivity index (χ2n) is 5.00. The van der Waals surface area contributed by atoms with E-state index in [1.807, 2.05) is 18.7 Å². The molecule has 2 nitrogen and oxygen atoms in total. The number of hydrogen-bond donors (Lipinski definition) is 0. The van der Waals surface area contributed by atoms with Crippen molar-refractivity contribution in [3.8, 4) is 0 Å². The third-order valence-electron chi connectivity index (χ3n) is 3.69. The SMILES string of the molecule is Cc1cc(CCC(Cl)C2CCCC2)n(C)n1. The zero-order valence-corrected chi connectivity index (χ0v) is 11.0. The number of hydrogen-bond acceptors (Lipinski definition) is 1. The number of rotatable bonds is 4. The normalized spacial score (nSPS) is 19.2. The molecule has 0 aliphatic heterocycles. The van der Waals surface area contributed by atoms with Crippen LogP contribution >= 0.6 is 11.6 Å². The summed E-state index contributed by atoms with van der Waals surface area (Å²) in [6.07, 6.45) is 7.56. The van der Waals surface area contributed by atoms with E-state index in [0.717, 1.165) is 24.5 Å². The molecule has 16 heavy (non-hydrogen) atoms. The van der Waals surface area contributed by atoms with Gasteiger partial charge in [-0.2, -0.15) is 5.10 Å². The first kappa shape index (κ1) is 12.0. The fourth-order valence-corrected chi connectivity index (χ4v) is 3.10. The Morgan fingerprint density at radius 1 is 1.50 bits per heavy atom. The molecule has 0 radical (unpaired) electrons. The van der Waals surface area contributed by atoms with E-state index in [-0.39, 0.29) is 0 Å². The van der Waals surface area contributed by atoms with Crippen LogP contribution in [0.15, 0.2) is 6.07 Å². The highest BCUT2D eigenvalue weighted by Crippen LogP contribution is 2.32. The minimum atomic E-state index is 0.359. The van der Waals surface area contributed by atoms with Crippen LogP contribution in [0, 0.1) is 12.8 Å². The van der Waals surface area contributed by atoms with Crippen molar-refractivity contribution in [2.45, 2.75) is 50.8 Å². The molecule has 1 aromatic rings. The highest BCUT2D eigenvalue weighted by molar-refractivity contribution is 6.20. The summed E-state index contributed by atoms with van der Waals surface area (Å²) in [5.41, 5.74) is 2.41. The number of halogens is 1. The van der Waals surface area contributed by atoms with E-state index in [1.54, 1.807) is 0 Å². The van der Waals surface area contributed by atoms with E-state index in [1.165, 1.54) is 31.4 Å². The molecule has 0 aromatic carbocycles. The van der Waals surface area contributed by atoms with Crippen molar-refractivity contribution in [2.24, 2.45) is 13.0 Å². The maximum Gasteiger partial charge on any atom is 0.0596 e. The molecule has 0 amide bonds. The topological polar surface area (TPSA) is 17.8 Å². The predicted octanol–water partition coefficient (Wildman–Crippen LogP) is 3.46. The lowest BCUT2D eigenvalue weighted by molar-refractivity contribution is 0.487. The van der Waals surface area contributed by atoms with Crippen molar-refractivity contribution >= 4 is 11.6 Å². The molecule has 0 spiro atoms. The van der Waals surface area contributed by atoms with Crippen LogP contribution < -0.4 is 0 Å². The monoisotopic (exact) mass is 240 g/mol. The smallest absolute Gasteiger partial charge is 0.0596 e. The number of aromatic nitrogens is 2. The molecule has 0 N–H and O–H groups in total. The Hall–Kier alpha value is -0.500. The minimum absolute atomic E-state index is 0.359. The van der Waals surface area contributed by atoms with Gasteiger partial charge in [-0.1, -0.05) is 12.8 Å². The summed E-state index contributed by atoms with van der Waals surface area (Å²) in [4.78, 5) is 0. The standard InChI is InChI=1S/C13H21ClN2/c1-10-9-12(16(2)15-10)7-8-13(14)11-5-3-4-6-11/h9,11,13H,3-8H2,1-2H3. The van der Waals surface area contributed by atoms with Crippen LogP contribution in [0.1, 0.15) is 43.5 Å². The Kier molecular flexibility index (Phi) is 3.91. The van der Waals surface area contributed by atoms with E-state index < -0.39 is 0 Å². The van der Waals surface area contributed by atoms with Crippen molar-refractivity contribution in [1.82, 2.24) is 9.78 Å². The molecule has 2 rings (SSSR count). The highest BCUT2D eigenvalue weighted by atomic mass is 35.5. The van der Waals surface area contributed by atoms with Crippen molar-refractivity contribution in [1.29, 1.82) is 0 Å². The van der Waals surface area contributed by atoms with E-state index in [2.05, 4.69) is 11.2 Å². The van der Waals surface area contributed by atoms with Crippen LogP contribution in [0.25, 0.3) is 0 Å². The first-order chi connectivity index (χ1) is 7.66. The van der Waals surface area contributed by atoms with Crippen molar-refractivity contribution in [3.05, 3.63) is 17.5 Å². The van der Waals surface area contributed by atoms with Crippen molar-refractivity contribution in [3.63, 3.8) is 0 Å². The fourth-order valence-electron chi connectivity index (χ4n) is 2.74. The summed E-state index contributed by atoms with van der Waals surface area (Å²) in [6, 6.07) is 2.16. The van der Waals surface area contributed by atoms with E-state index in [9.17, 15) is 0 Å². The Morgan fingerprint density at radius 2 is 2.19 bits per heavy atom. The Balaban J connectivity index is 1.84. The van der Waals surface area contributed by atoms with Gasteiger partial charge in [-0.3, -0.25) is 4.68 Å². The van der Waals surface area contributed by atoms with Gasteiger partial charge in [0.25, 0.3) is 0 Å². The molecular formula is C13H21ClN2. The Morgan fingerprint density at radius 3 is 2.75 bits per heavy atom. The quantitative estimate of drug-likeness (QED) is 0.737. The fraction of sp³-hybridized carbons (Fsp3) is 0.769. The Labute approximate surface area is 103 Å². The maximum absolute atomic E-state index is 6.47. The molecule has 1 heterocycles. The number of nitrogens with zero attached hydrogens (tertiary/aromatic N) is 2. The second kappa shape index (κ2) is 5.22. The maximum atomic E-state index is 6.47. The molecule has 90 valence electrons. The van der Waals surface area contributed by atoms with Gasteiger partial charge in [0.1, 0.15) is 0 Å². The van der Waals surface area contributed by atoms with Gasteiger partial charge >= 0.3 is 0 Å². The van der Waals surface area contributed by atoms with Gasteiger partial charge in [0.05, 0.1) is 5.69 Å². The van der Waals surface area contributed by atoms with E-state index >= 15 is 0 Å². The number of aryl methyl sites for hydroxylation is 3. The average molecular weight is 241 g/mol. The lowest BCUT2D eigenvalue weighted by atomic mass is 9.99. The van der Waals surface area contributed by atoms with Crippen LogP contribution in [-0.2, 0) is 13.5 Å².